The standard InChI is InChI=1S/C13H20O5/c1-8(14)17-12-6-4-10(15)11-5-3-9(18-11)7-13(12,2)16/h3,5,9-12,15-16H,4,6-7H2,1-2H3/t9-,10+,11+,12-,13+/m0/s1. The normalized spacial score (nSPS) is 44.0. The molecule has 0 aromatic carbocycles. The third-order valence-corrected chi connectivity index (χ3v) is 3.57. The Bertz CT molecular complexity index is 349. The molecule has 102 valence electrons. The van der Waals surface area contributed by atoms with Gasteiger partial charge >= 0.3 is 5.97 Å². The van der Waals surface area contributed by atoms with Crippen LogP contribution in [-0.4, -0.2) is 46.2 Å². The topological polar surface area (TPSA) is 76.0 Å². The number of aliphatic hydroxyl groups excluding tert-OH is 1. The summed E-state index contributed by atoms with van der Waals surface area (Å²) in [6, 6.07) is 0. The molecule has 2 bridgehead atoms. The van der Waals surface area contributed by atoms with E-state index in [1.54, 1.807) is 6.92 Å². The molecule has 1 fully saturated rings. The number of carbonyl (C=O) groups is 1. The molecule has 2 heterocycles. The van der Waals surface area contributed by atoms with Gasteiger partial charge in [-0.3, -0.25) is 4.79 Å². The first-order chi connectivity index (χ1) is 8.38. The van der Waals surface area contributed by atoms with Crippen LogP contribution >= 0.6 is 0 Å². The van der Waals surface area contributed by atoms with E-state index < -0.39 is 23.8 Å². The molecule has 2 aliphatic heterocycles. The van der Waals surface area contributed by atoms with Gasteiger partial charge in [0, 0.05) is 13.3 Å². The minimum absolute atomic E-state index is 0.240. The Labute approximate surface area is 106 Å². The first-order valence-electron chi connectivity index (χ1n) is 6.30. The van der Waals surface area contributed by atoms with Gasteiger partial charge in [-0.2, -0.15) is 0 Å². The van der Waals surface area contributed by atoms with Gasteiger partial charge in [-0.1, -0.05) is 12.2 Å². The monoisotopic (exact) mass is 256 g/mol. The molecule has 1 saturated heterocycles. The number of aliphatic hydroxyl groups is 2. The van der Waals surface area contributed by atoms with Crippen LogP contribution < -0.4 is 0 Å². The van der Waals surface area contributed by atoms with Crippen molar-refractivity contribution in [2.24, 2.45) is 0 Å². The number of rotatable bonds is 1. The van der Waals surface area contributed by atoms with Gasteiger partial charge in [0.05, 0.1) is 12.2 Å². The van der Waals surface area contributed by atoms with Gasteiger partial charge < -0.3 is 19.7 Å². The summed E-state index contributed by atoms with van der Waals surface area (Å²) in [6.07, 6.45) is 3.09. The predicted molar refractivity (Wildman–Crippen MR) is 63.8 cm³/mol. The summed E-state index contributed by atoms with van der Waals surface area (Å²) in [6.45, 7) is 2.96. The molecule has 0 aromatic heterocycles. The lowest BCUT2D eigenvalue weighted by Crippen LogP contribution is -2.44. The third kappa shape index (κ3) is 2.91. The van der Waals surface area contributed by atoms with E-state index in [-0.39, 0.29) is 12.2 Å². The maximum Gasteiger partial charge on any atom is 0.303 e. The average Bonchev–Trinajstić information content (AvgIpc) is 2.70. The zero-order chi connectivity index (χ0) is 13.3. The highest BCUT2D eigenvalue weighted by Crippen LogP contribution is 2.32. The molecule has 0 aromatic rings. The van der Waals surface area contributed by atoms with Crippen LogP contribution in [0.25, 0.3) is 0 Å². The van der Waals surface area contributed by atoms with Gasteiger partial charge in [0.25, 0.3) is 0 Å². The van der Waals surface area contributed by atoms with Crippen molar-refractivity contribution in [2.75, 3.05) is 0 Å². The number of hydrogen-bond acceptors (Lipinski definition) is 5. The summed E-state index contributed by atoms with van der Waals surface area (Å²) in [4.78, 5) is 11.1. The van der Waals surface area contributed by atoms with Crippen LogP contribution in [0.3, 0.4) is 0 Å². The lowest BCUT2D eigenvalue weighted by Gasteiger charge is -2.33. The second-order valence-corrected chi connectivity index (χ2v) is 5.33. The van der Waals surface area contributed by atoms with E-state index in [2.05, 4.69) is 0 Å². The van der Waals surface area contributed by atoms with E-state index in [0.717, 1.165) is 0 Å². The van der Waals surface area contributed by atoms with Crippen LogP contribution in [0.4, 0.5) is 0 Å². The summed E-state index contributed by atoms with van der Waals surface area (Å²) in [7, 11) is 0. The third-order valence-electron chi connectivity index (χ3n) is 3.57. The highest BCUT2D eigenvalue weighted by Gasteiger charge is 2.41. The average molecular weight is 256 g/mol. The van der Waals surface area contributed by atoms with Gasteiger partial charge in [-0.25, -0.2) is 0 Å². The highest BCUT2D eigenvalue weighted by molar-refractivity contribution is 5.66. The van der Waals surface area contributed by atoms with E-state index in [0.29, 0.717) is 19.3 Å². The Balaban J connectivity index is 2.16. The van der Waals surface area contributed by atoms with Gasteiger partial charge in [0.15, 0.2) is 0 Å². The first-order valence-corrected chi connectivity index (χ1v) is 6.30. The smallest absolute Gasteiger partial charge is 0.303 e. The molecule has 5 nitrogen and oxygen atoms in total. The number of hydrogen-bond donors (Lipinski definition) is 2. The largest absolute Gasteiger partial charge is 0.460 e. The Morgan fingerprint density at radius 1 is 1.44 bits per heavy atom. The quantitative estimate of drug-likeness (QED) is 0.529. The lowest BCUT2D eigenvalue weighted by atomic mass is 9.88. The number of carbonyl (C=O) groups excluding carboxylic acids is 1. The van der Waals surface area contributed by atoms with E-state index >= 15 is 0 Å². The minimum atomic E-state index is -1.15. The van der Waals surface area contributed by atoms with Crippen LogP contribution in [-0.2, 0) is 14.3 Å². The molecule has 18 heavy (non-hydrogen) atoms. The van der Waals surface area contributed by atoms with Crippen molar-refractivity contribution in [1.29, 1.82) is 0 Å². The van der Waals surface area contributed by atoms with E-state index in [9.17, 15) is 15.0 Å². The molecule has 0 radical (unpaired) electrons. The molecule has 0 spiro atoms. The van der Waals surface area contributed by atoms with Crippen LogP contribution in [0.15, 0.2) is 12.2 Å². The lowest BCUT2D eigenvalue weighted by molar-refractivity contribution is -0.164. The molecule has 5 atom stereocenters. The van der Waals surface area contributed by atoms with Crippen molar-refractivity contribution in [3.05, 3.63) is 12.2 Å². The maximum atomic E-state index is 11.1. The number of ether oxygens (including phenoxy) is 2. The van der Waals surface area contributed by atoms with Crippen LogP contribution in [0.5, 0.6) is 0 Å². The summed E-state index contributed by atoms with van der Waals surface area (Å²) in [5.74, 6) is -0.421. The van der Waals surface area contributed by atoms with Crippen molar-refractivity contribution in [3.8, 4) is 0 Å². The fourth-order valence-corrected chi connectivity index (χ4v) is 2.58. The second kappa shape index (κ2) is 4.99. The maximum absolute atomic E-state index is 11.1. The molecular formula is C13H20O5. The van der Waals surface area contributed by atoms with Crippen molar-refractivity contribution >= 4 is 5.97 Å². The molecule has 2 rings (SSSR count). The molecule has 0 amide bonds. The van der Waals surface area contributed by atoms with Crippen LogP contribution in [0.1, 0.15) is 33.1 Å². The summed E-state index contributed by atoms with van der Waals surface area (Å²) in [5, 5.41) is 20.4. The second-order valence-electron chi connectivity index (χ2n) is 5.33. The van der Waals surface area contributed by atoms with Gasteiger partial charge in [-0.15, -0.1) is 0 Å². The molecule has 0 aliphatic carbocycles. The highest BCUT2D eigenvalue weighted by atomic mass is 16.6. The Morgan fingerprint density at radius 3 is 2.83 bits per heavy atom. The van der Waals surface area contributed by atoms with Crippen LogP contribution in [0.2, 0.25) is 0 Å². The van der Waals surface area contributed by atoms with Gasteiger partial charge in [0.1, 0.15) is 17.8 Å². The summed E-state index contributed by atoms with van der Waals surface area (Å²) in [5.41, 5.74) is -1.15. The minimum Gasteiger partial charge on any atom is -0.460 e. The van der Waals surface area contributed by atoms with Gasteiger partial charge in [0.2, 0.25) is 0 Å². The van der Waals surface area contributed by atoms with Crippen molar-refractivity contribution < 1.29 is 24.5 Å². The SMILES string of the molecule is CC(=O)O[C@H]1CC[C@@H](O)[C@H]2C=C[C@@H](C[C@@]1(C)O)O2. The summed E-state index contributed by atoms with van der Waals surface area (Å²) >= 11 is 0. The van der Waals surface area contributed by atoms with E-state index in [4.69, 9.17) is 9.47 Å². The van der Waals surface area contributed by atoms with Crippen molar-refractivity contribution in [1.82, 2.24) is 0 Å². The van der Waals surface area contributed by atoms with E-state index in [1.165, 1.54) is 6.92 Å². The number of fused-ring (bicyclic) bond motifs is 2. The Hall–Kier alpha value is -0.910. The fraction of sp³-hybridized carbons (Fsp3) is 0.769. The predicted octanol–water partition coefficient (Wildman–Crippen LogP) is 0.537. The van der Waals surface area contributed by atoms with Crippen molar-refractivity contribution in [3.63, 3.8) is 0 Å². The zero-order valence-electron chi connectivity index (χ0n) is 10.7. The van der Waals surface area contributed by atoms with E-state index in [1.807, 2.05) is 12.2 Å². The fourth-order valence-electron chi connectivity index (χ4n) is 2.58. The molecule has 2 N–H and O–H groups in total. The zero-order valence-corrected chi connectivity index (χ0v) is 10.7. The van der Waals surface area contributed by atoms with Gasteiger partial charge in [-0.05, 0) is 19.8 Å². The molecular weight excluding hydrogens is 236 g/mol. The van der Waals surface area contributed by atoms with Crippen molar-refractivity contribution in [2.45, 2.75) is 63.1 Å². The molecule has 0 saturated carbocycles. The Morgan fingerprint density at radius 2 is 2.17 bits per heavy atom. The first kappa shape index (κ1) is 13.5. The number of esters is 1. The molecule has 5 heteroatoms. The molecule has 0 unspecified atom stereocenters. The van der Waals surface area contributed by atoms with Crippen LogP contribution in [0, 0.1) is 0 Å². The Kier molecular flexibility index (Phi) is 3.75. The summed E-state index contributed by atoms with van der Waals surface area (Å²) < 4.78 is 10.8. The molecule has 2 aliphatic rings.